The summed E-state index contributed by atoms with van der Waals surface area (Å²) in [5.41, 5.74) is 11.7. The summed E-state index contributed by atoms with van der Waals surface area (Å²) >= 11 is 0. The van der Waals surface area contributed by atoms with Gasteiger partial charge in [-0.2, -0.15) is 0 Å². The van der Waals surface area contributed by atoms with Gasteiger partial charge in [-0.15, -0.1) is 0 Å². The minimum atomic E-state index is 0.545. The number of para-hydroxylation sites is 5. The molecule has 6 nitrogen and oxygen atoms in total. The van der Waals surface area contributed by atoms with E-state index in [1.165, 1.54) is 0 Å². The van der Waals surface area contributed by atoms with Crippen LogP contribution in [0, 0.1) is 0 Å². The molecule has 57 heavy (non-hydrogen) atoms. The molecule has 0 radical (unpaired) electrons. The van der Waals surface area contributed by atoms with Gasteiger partial charge in [0.1, 0.15) is 33.5 Å². The van der Waals surface area contributed by atoms with E-state index in [0.717, 1.165) is 105 Å². The van der Waals surface area contributed by atoms with Crippen LogP contribution in [0.5, 0.6) is 0 Å². The zero-order chi connectivity index (χ0) is 37.5. The van der Waals surface area contributed by atoms with Gasteiger partial charge in [0.05, 0.1) is 5.56 Å². The van der Waals surface area contributed by atoms with Gasteiger partial charge in [-0.25, -0.2) is 15.0 Å². The Bertz CT molecular complexity index is 3520. The first-order valence-corrected chi connectivity index (χ1v) is 18.9. The van der Waals surface area contributed by atoms with E-state index in [1.807, 2.05) is 84.9 Å². The highest BCUT2D eigenvalue weighted by Crippen LogP contribution is 2.46. The van der Waals surface area contributed by atoms with Crippen molar-refractivity contribution in [3.63, 3.8) is 0 Å². The van der Waals surface area contributed by atoms with Gasteiger partial charge in [-0.3, -0.25) is 0 Å². The normalized spacial score (nSPS) is 11.9. The molecule has 266 valence electrons. The van der Waals surface area contributed by atoms with E-state index < -0.39 is 0 Å². The van der Waals surface area contributed by atoms with Crippen molar-refractivity contribution in [3.05, 3.63) is 176 Å². The Labute approximate surface area is 325 Å². The number of hydrogen-bond donors (Lipinski definition) is 0. The minimum Gasteiger partial charge on any atom is -0.456 e. The number of furan rings is 3. The topological polar surface area (TPSA) is 78.1 Å². The van der Waals surface area contributed by atoms with Crippen molar-refractivity contribution in [2.75, 3.05) is 0 Å². The van der Waals surface area contributed by atoms with E-state index in [2.05, 4.69) is 91.0 Å². The van der Waals surface area contributed by atoms with Crippen molar-refractivity contribution in [1.29, 1.82) is 0 Å². The largest absolute Gasteiger partial charge is 0.456 e. The number of aromatic nitrogens is 3. The summed E-state index contributed by atoms with van der Waals surface area (Å²) < 4.78 is 19.4. The summed E-state index contributed by atoms with van der Waals surface area (Å²) in [5, 5.41) is 6.36. The Morgan fingerprint density at radius 1 is 0.281 bits per heavy atom. The zero-order valence-electron chi connectivity index (χ0n) is 30.3. The molecule has 0 saturated heterocycles. The van der Waals surface area contributed by atoms with Crippen LogP contribution in [0.1, 0.15) is 0 Å². The second-order valence-electron chi connectivity index (χ2n) is 14.3. The van der Waals surface area contributed by atoms with Crippen LogP contribution in [0.2, 0.25) is 0 Å². The molecule has 0 spiro atoms. The van der Waals surface area contributed by atoms with Crippen LogP contribution < -0.4 is 0 Å². The van der Waals surface area contributed by atoms with Crippen LogP contribution >= 0.6 is 0 Å². The minimum absolute atomic E-state index is 0.545. The van der Waals surface area contributed by atoms with Gasteiger partial charge in [0.2, 0.25) is 0 Å². The van der Waals surface area contributed by atoms with Crippen LogP contribution in [0.4, 0.5) is 0 Å². The number of rotatable bonds is 5. The van der Waals surface area contributed by atoms with E-state index in [9.17, 15) is 0 Å². The maximum Gasteiger partial charge on any atom is 0.167 e. The molecule has 8 aromatic carbocycles. The summed E-state index contributed by atoms with van der Waals surface area (Å²) in [6.45, 7) is 0. The fourth-order valence-electron chi connectivity index (χ4n) is 8.35. The lowest BCUT2D eigenvalue weighted by Gasteiger charge is -2.14. The van der Waals surface area contributed by atoms with Crippen LogP contribution in [0.3, 0.4) is 0 Å². The average Bonchev–Trinajstić information content (AvgIpc) is 3.98. The standard InChI is InChI=1S/C51H29N3O3/c1-2-12-31(13-3-1)49-52-50(54-51(53-49)40-20-11-18-37-34-15-5-8-22-42(34)57-48(37)40)32-26-24-30(25-27-32)45-35(28-29-44-46(45)39-16-6-9-23-43(39)55-44)38-19-10-17-36-33-14-4-7-21-41(33)56-47(36)38/h1-29H. The molecule has 0 fully saturated rings. The first-order valence-electron chi connectivity index (χ1n) is 18.9. The molecule has 6 heteroatoms. The van der Waals surface area contributed by atoms with Gasteiger partial charge in [-0.05, 0) is 47.5 Å². The van der Waals surface area contributed by atoms with Crippen molar-refractivity contribution < 1.29 is 13.3 Å². The van der Waals surface area contributed by atoms with Crippen molar-refractivity contribution in [2.24, 2.45) is 0 Å². The van der Waals surface area contributed by atoms with E-state index >= 15 is 0 Å². The first kappa shape index (κ1) is 31.5. The van der Waals surface area contributed by atoms with E-state index in [4.69, 9.17) is 28.2 Å². The summed E-state index contributed by atoms with van der Waals surface area (Å²) in [6.07, 6.45) is 0. The Hall–Kier alpha value is -7.83. The fraction of sp³-hybridized carbons (Fsp3) is 0. The molecule has 0 aliphatic heterocycles. The molecule has 4 aromatic heterocycles. The van der Waals surface area contributed by atoms with Gasteiger partial charge in [0.15, 0.2) is 17.5 Å². The van der Waals surface area contributed by atoms with Crippen LogP contribution in [0.25, 0.3) is 122 Å². The second kappa shape index (κ2) is 12.3. The highest BCUT2D eigenvalue weighted by molar-refractivity contribution is 6.18. The highest BCUT2D eigenvalue weighted by Gasteiger charge is 2.22. The molecule has 0 unspecified atom stereocenters. The van der Waals surface area contributed by atoms with Crippen LogP contribution in [0.15, 0.2) is 189 Å². The third-order valence-corrected chi connectivity index (χ3v) is 11.0. The molecule has 0 aliphatic carbocycles. The zero-order valence-corrected chi connectivity index (χ0v) is 30.3. The highest BCUT2D eigenvalue weighted by atomic mass is 16.3. The Morgan fingerprint density at radius 3 is 1.44 bits per heavy atom. The van der Waals surface area contributed by atoms with Crippen molar-refractivity contribution >= 4 is 65.8 Å². The molecule has 0 atom stereocenters. The second-order valence-corrected chi connectivity index (χ2v) is 14.3. The SMILES string of the molecule is c1ccc(-c2nc(-c3ccc(-c4c(-c5cccc6c5oc5ccccc56)ccc5oc6ccccc6c45)cc3)nc(-c3cccc4c3oc3ccccc34)n2)cc1. The fourth-order valence-corrected chi connectivity index (χ4v) is 8.35. The van der Waals surface area contributed by atoms with Gasteiger partial charge in [-0.1, -0.05) is 140 Å². The summed E-state index contributed by atoms with van der Waals surface area (Å²) in [5.74, 6) is 1.70. The molecule has 12 rings (SSSR count). The quantitative estimate of drug-likeness (QED) is 0.175. The van der Waals surface area contributed by atoms with E-state index in [-0.39, 0.29) is 0 Å². The summed E-state index contributed by atoms with van der Waals surface area (Å²) in [6, 6.07) is 59.8. The van der Waals surface area contributed by atoms with Crippen molar-refractivity contribution in [3.8, 4) is 56.4 Å². The molecule has 12 aromatic rings. The molecule has 0 aliphatic rings. The summed E-state index contributed by atoms with van der Waals surface area (Å²) in [7, 11) is 0. The van der Waals surface area contributed by atoms with Gasteiger partial charge in [0, 0.05) is 54.6 Å². The Kier molecular flexibility index (Phi) is 6.83. The third kappa shape index (κ3) is 4.94. The number of nitrogens with zero attached hydrogens (tertiary/aromatic N) is 3. The lowest BCUT2D eigenvalue weighted by Crippen LogP contribution is -2.00. The number of hydrogen-bond acceptors (Lipinski definition) is 6. The monoisotopic (exact) mass is 731 g/mol. The average molecular weight is 732 g/mol. The first-order chi connectivity index (χ1) is 28.2. The van der Waals surface area contributed by atoms with Crippen LogP contribution in [-0.2, 0) is 0 Å². The molecule has 0 N–H and O–H groups in total. The Morgan fingerprint density at radius 2 is 0.772 bits per heavy atom. The number of benzene rings is 8. The molecule has 4 heterocycles. The maximum absolute atomic E-state index is 6.57. The van der Waals surface area contributed by atoms with Crippen LogP contribution in [-0.4, -0.2) is 15.0 Å². The molecule has 0 bridgehead atoms. The number of fused-ring (bicyclic) bond motifs is 9. The van der Waals surface area contributed by atoms with Crippen molar-refractivity contribution in [1.82, 2.24) is 15.0 Å². The van der Waals surface area contributed by atoms with Gasteiger partial charge >= 0.3 is 0 Å². The van der Waals surface area contributed by atoms with Gasteiger partial charge in [0.25, 0.3) is 0 Å². The molecule has 0 amide bonds. The predicted octanol–water partition coefficient (Wildman–Crippen LogP) is 13.9. The lowest BCUT2D eigenvalue weighted by molar-refractivity contribution is 0.668. The van der Waals surface area contributed by atoms with Gasteiger partial charge < -0.3 is 13.3 Å². The lowest BCUT2D eigenvalue weighted by atomic mass is 9.89. The summed E-state index contributed by atoms with van der Waals surface area (Å²) in [4.78, 5) is 15.2. The van der Waals surface area contributed by atoms with Crippen molar-refractivity contribution in [2.45, 2.75) is 0 Å². The smallest absolute Gasteiger partial charge is 0.167 e. The maximum atomic E-state index is 6.57. The molecular formula is C51H29N3O3. The van der Waals surface area contributed by atoms with E-state index in [1.54, 1.807) is 0 Å². The Balaban J connectivity index is 1.06. The third-order valence-electron chi connectivity index (χ3n) is 11.0. The van der Waals surface area contributed by atoms with E-state index in [0.29, 0.717) is 17.5 Å². The molecule has 0 saturated carbocycles. The predicted molar refractivity (Wildman–Crippen MR) is 229 cm³/mol. The molecular weight excluding hydrogens is 703 g/mol.